The minimum absolute atomic E-state index is 0.0107. The molecule has 0 bridgehead atoms. The molecule has 0 aromatic carbocycles. The Morgan fingerprint density at radius 2 is 1.83 bits per heavy atom. The fourth-order valence-electron chi connectivity index (χ4n) is 0.570. The molecule has 0 rings (SSSR count). The van der Waals surface area contributed by atoms with E-state index in [-0.39, 0.29) is 12.7 Å². The molecule has 0 aliphatic rings. The van der Waals surface area contributed by atoms with E-state index in [0.29, 0.717) is 6.61 Å². The van der Waals surface area contributed by atoms with Crippen LogP contribution >= 0.6 is 0 Å². The van der Waals surface area contributed by atoms with Gasteiger partial charge in [-0.25, -0.2) is 0 Å². The molecule has 6 heteroatoms. The van der Waals surface area contributed by atoms with Gasteiger partial charge in [0, 0.05) is 14.2 Å². The van der Waals surface area contributed by atoms with Crippen molar-refractivity contribution in [3.63, 3.8) is 0 Å². The van der Waals surface area contributed by atoms with Gasteiger partial charge in [0.1, 0.15) is 6.10 Å². The van der Waals surface area contributed by atoms with Crippen molar-refractivity contribution in [1.29, 1.82) is 0 Å². The standard InChI is InChI=1S/C6H14O5S/c1-9-4-6(10-2)5-11-12(3,7)8/h6H,4-5H2,1-3H3/t6-/m0/s1. The van der Waals surface area contributed by atoms with Crippen LogP contribution in [0.15, 0.2) is 0 Å². The van der Waals surface area contributed by atoms with Crippen LogP contribution in [0.2, 0.25) is 0 Å². The summed E-state index contributed by atoms with van der Waals surface area (Å²) in [6.45, 7) is 0.301. The molecule has 0 saturated carbocycles. The van der Waals surface area contributed by atoms with Crippen molar-refractivity contribution in [2.45, 2.75) is 6.10 Å². The summed E-state index contributed by atoms with van der Waals surface area (Å²) in [5.74, 6) is 0. The monoisotopic (exact) mass is 198 g/mol. The molecule has 0 N–H and O–H groups in total. The lowest BCUT2D eigenvalue weighted by Gasteiger charge is -2.12. The molecular weight excluding hydrogens is 184 g/mol. The van der Waals surface area contributed by atoms with Crippen molar-refractivity contribution in [3.05, 3.63) is 0 Å². The van der Waals surface area contributed by atoms with E-state index in [0.717, 1.165) is 6.26 Å². The SMILES string of the molecule is COC[C@@H](COS(C)(=O)=O)OC. The highest BCUT2D eigenvalue weighted by molar-refractivity contribution is 7.85. The molecule has 12 heavy (non-hydrogen) atoms. The molecule has 0 aromatic heterocycles. The molecule has 0 fully saturated rings. The van der Waals surface area contributed by atoms with Crippen molar-refractivity contribution in [2.75, 3.05) is 33.7 Å². The Labute approximate surface area is 72.7 Å². The summed E-state index contributed by atoms with van der Waals surface area (Å²) in [6.07, 6.45) is 0.650. The summed E-state index contributed by atoms with van der Waals surface area (Å²) in [7, 11) is -0.409. The van der Waals surface area contributed by atoms with Gasteiger partial charge in [-0.05, 0) is 0 Å². The maximum Gasteiger partial charge on any atom is 0.264 e. The molecule has 0 heterocycles. The predicted molar refractivity (Wildman–Crippen MR) is 43.5 cm³/mol. The minimum atomic E-state index is -3.38. The molecule has 5 nitrogen and oxygen atoms in total. The van der Waals surface area contributed by atoms with Crippen molar-refractivity contribution in [2.24, 2.45) is 0 Å². The topological polar surface area (TPSA) is 61.8 Å². The van der Waals surface area contributed by atoms with Gasteiger partial charge in [-0.15, -0.1) is 0 Å². The smallest absolute Gasteiger partial charge is 0.264 e. The third kappa shape index (κ3) is 6.53. The zero-order chi connectivity index (χ0) is 9.61. The lowest BCUT2D eigenvalue weighted by Crippen LogP contribution is -2.25. The molecule has 0 aliphatic carbocycles. The number of hydrogen-bond acceptors (Lipinski definition) is 5. The molecule has 0 amide bonds. The fourth-order valence-corrected chi connectivity index (χ4v) is 0.969. The molecular formula is C6H14O5S. The second-order valence-electron chi connectivity index (χ2n) is 2.30. The van der Waals surface area contributed by atoms with Gasteiger partial charge < -0.3 is 9.47 Å². The zero-order valence-corrected chi connectivity index (χ0v) is 8.26. The second kappa shape index (κ2) is 5.47. The number of hydrogen-bond donors (Lipinski definition) is 0. The Balaban J connectivity index is 3.73. The molecule has 0 spiro atoms. The van der Waals surface area contributed by atoms with Gasteiger partial charge in [-0.3, -0.25) is 4.18 Å². The maximum atomic E-state index is 10.5. The Morgan fingerprint density at radius 3 is 2.17 bits per heavy atom. The van der Waals surface area contributed by atoms with E-state index in [9.17, 15) is 8.42 Å². The summed E-state index contributed by atoms with van der Waals surface area (Å²) >= 11 is 0. The van der Waals surface area contributed by atoms with Gasteiger partial charge in [0.2, 0.25) is 0 Å². The highest BCUT2D eigenvalue weighted by atomic mass is 32.2. The van der Waals surface area contributed by atoms with E-state index in [2.05, 4.69) is 4.18 Å². The lowest BCUT2D eigenvalue weighted by molar-refractivity contribution is 0.00246. The Hall–Kier alpha value is -0.170. The minimum Gasteiger partial charge on any atom is -0.382 e. The van der Waals surface area contributed by atoms with E-state index >= 15 is 0 Å². The third-order valence-corrected chi connectivity index (χ3v) is 1.72. The number of rotatable bonds is 6. The maximum absolute atomic E-state index is 10.5. The summed E-state index contributed by atoms with van der Waals surface area (Å²) in [6, 6.07) is 0. The molecule has 0 unspecified atom stereocenters. The first-order valence-electron chi connectivity index (χ1n) is 3.35. The average Bonchev–Trinajstić information content (AvgIpc) is 1.96. The van der Waals surface area contributed by atoms with Crippen molar-refractivity contribution < 1.29 is 22.1 Å². The van der Waals surface area contributed by atoms with Gasteiger partial charge in [0.15, 0.2) is 0 Å². The molecule has 0 aliphatic heterocycles. The van der Waals surface area contributed by atoms with Crippen LogP contribution in [0, 0.1) is 0 Å². The van der Waals surface area contributed by atoms with E-state index in [1.54, 1.807) is 0 Å². The van der Waals surface area contributed by atoms with Crippen LogP contribution in [0.3, 0.4) is 0 Å². The third-order valence-electron chi connectivity index (χ3n) is 1.15. The van der Waals surface area contributed by atoms with E-state index in [1.165, 1.54) is 14.2 Å². The van der Waals surface area contributed by atoms with Crippen LogP contribution in [0.1, 0.15) is 0 Å². The van der Waals surface area contributed by atoms with E-state index in [4.69, 9.17) is 9.47 Å². The Morgan fingerprint density at radius 1 is 1.25 bits per heavy atom. The summed E-state index contributed by atoms with van der Waals surface area (Å²) in [4.78, 5) is 0. The van der Waals surface area contributed by atoms with Crippen molar-refractivity contribution in [1.82, 2.24) is 0 Å². The first kappa shape index (κ1) is 11.8. The summed E-state index contributed by atoms with van der Waals surface area (Å²) < 4.78 is 35.2. The van der Waals surface area contributed by atoms with E-state index in [1.807, 2.05) is 0 Å². The van der Waals surface area contributed by atoms with Crippen LogP contribution in [-0.2, 0) is 23.8 Å². The summed E-state index contributed by atoms with van der Waals surface area (Å²) in [5.41, 5.74) is 0. The van der Waals surface area contributed by atoms with Gasteiger partial charge in [0.05, 0.1) is 19.5 Å². The fraction of sp³-hybridized carbons (Fsp3) is 1.00. The first-order valence-corrected chi connectivity index (χ1v) is 5.17. The van der Waals surface area contributed by atoms with Crippen molar-refractivity contribution >= 4 is 10.1 Å². The molecule has 0 saturated heterocycles. The molecule has 0 radical (unpaired) electrons. The predicted octanol–water partition coefficient (Wildman–Crippen LogP) is -0.376. The molecule has 1 atom stereocenters. The Bertz CT molecular complexity index is 198. The largest absolute Gasteiger partial charge is 0.382 e. The average molecular weight is 198 g/mol. The van der Waals surface area contributed by atoms with Gasteiger partial charge in [0.25, 0.3) is 10.1 Å². The van der Waals surface area contributed by atoms with Crippen LogP contribution in [-0.4, -0.2) is 48.2 Å². The first-order chi connectivity index (χ1) is 5.49. The summed E-state index contributed by atoms with van der Waals surface area (Å²) in [5, 5.41) is 0. The van der Waals surface area contributed by atoms with Crippen molar-refractivity contribution in [3.8, 4) is 0 Å². The second-order valence-corrected chi connectivity index (χ2v) is 3.95. The number of methoxy groups -OCH3 is 2. The highest BCUT2D eigenvalue weighted by Crippen LogP contribution is 1.95. The molecule has 0 aromatic rings. The van der Waals surface area contributed by atoms with Crippen LogP contribution in [0.25, 0.3) is 0 Å². The lowest BCUT2D eigenvalue weighted by atomic mass is 10.4. The van der Waals surface area contributed by atoms with Gasteiger partial charge >= 0.3 is 0 Å². The van der Waals surface area contributed by atoms with Crippen LogP contribution in [0.5, 0.6) is 0 Å². The normalized spacial score (nSPS) is 14.6. The number of ether oxygens (including phenoxy) is 2. The van der Waals surface area contributed by atoms with E-state index < -0.39 is 10.1 Å². The van der Waals surface area contributed by atoms with Gasteiger partial charge in [-0.1, -0.05) is 0 Å². The highest BCUT2D eigenvalue weighted by Gasteiger charge is 2.10. The van der Waals surface area contributed by atoms with Crippen LogP contribution < -0.4 is 0 Å². The van der Waals surface area contributed by atoms with Crippen LogP contribution in [0.4, 0.5) is 0 Å². The quantitative estimate of drug-likeness (QED) is 0.545. The zero-order valence-electron chi connectivity index (χ0n) is 7.44. The van der Waals surface area contributed by atoms with Gasteiger partial charge in [-0.2, -0.15) is 8.42 Å². The molecule has 74 valence electrons. The Kier molecular flexibility index (Phi) is 5.39.